The molecule has 0 amide bonds. The minimum absolute atomic E-state index is 0.100. The standard InChI is InChI=1S/C33H43F3N6S/c1-31(2)16-20-41(4)27-21-22(11-12-25(27)31)38-28-24-13-18-42(29-32(3,33(34,35)36)15-8-17-37-29)19-14-26(24)39-30(40-28)43-23-9-6-5-7-10-23/h8,11-12,17,21,23H,5-7,9-10,13-16,18-20H2,1-4H3,(H,38,39,40). The Morgan fingerprint density at radius 3 is 2.53 bits per heavy atom. The second kappa shape index (κ2) is 11.6. The Bertz CT molecular complexity index is 1410. The average molecular weight is 613 g/mol. The summed E-state index contributed by atoms with van der Waals surface area (Å²) in [5.41, 5.74) is 3.55. The summed E-state index contributed by atoms with van der Waals surface area (Å²) in [6.45, 7) is 7.74. The van der Waals surface area contributed by atoms with Crippen LogP contribution in [0.25, 0.3) is 0 Å². The number of hydrogen-bond acceptors (Lipinski definition) is 7. The van der Waals surface area contributed by atoms with Crippen LogP contribution in [0.4, 0.5) is 30.4 Å². The Morgan fingerprint density at radius 2 is 1.77 bits per heavy atom. The highest BCUT2D eigenvalue weighted by molar-refractivity contribution is 7.99. The van der Waals surface area contributed by atoms with Crippen molar-refractivity contribution in [2.24, 2.45) is 10.4 Å². The molecule has 6 nitrogen and oxygen atoms in total. The molecule has 2 aromatic rings. The molecular weight excluding hydrogens is 569 g/mol. The Kier molecular flexibility index (Phi) is 8.20. The molecule has 232 valence electrons. The molecule has 0 saturated heterocycles. The van der Waals surface area contributed by atoms with Crippen LogP contribution in [0.5, 0.6) is 0 Å². The fourth-order valence-corrected chi connectivity index (χ4v) is 8.11. The van der Waals surface area contributed by atoms with Crippen molar-refractivity contribution in [1.82, 2.24) is 14.9 Å². The Labute approximate surface area is 257 Å². The molecule has 1 aromatic heterocycles. The molecule has 1 saturated carbocycles. The van der Waals surface area contributed by atoms with E-state index in [9.17, 15) is 13.2 Å². The Hall–Kier alpha value is -2.75. The third-order valence-electron chi connectivity index (χ3n) is 9.87. The van der Waals surface area contributed by atoms with Crippen molar-refractivity contribution in [2.45, 2.75) is 101 Å². The molecule has 0 spiro atoms. The second-order valence-electron chi connectivity index (χ2n) is 13.4. The summed E-state index contributed by atoms with van der Waals surface area (Å²) in [4.78, 5) is 18.5. The van der Waals surface area contributed by atoms with Crippen LogP contribution in [-0.4, -0.2) is 58.8 Å². The number of benzene rings is 1. The number of anilines is 3. The zero-order chi connectivity index (χ0) is 30.4. The molecule has 1 aromatic carbocycles. The minimum atomic E-state index is -4.39. The Morgan fingerprint density at radius 1 is 1.00 bits per heavy atom. The number of hydrogen-bond donors (Lipinski definition) is 1. The first-order valence-corrected chi connectivity index (χ1v) is 16.6. The van der Waals surface area contributed by atoms with E-state index in [1.165, 1.54) is 49.7 Å². The second-order valence-corrected chi connectivity index (χ2v) is 14.7. The van der Waals surface area contributed by atoms with Crippen LogP contribution in [0.3, 0.4) is 0 Å². The number of nitrogens with one attached hydrogen (secondary N) is 1. The van der Waals surface area contributed by atoms with Crippen LogP contribution in [-0.2, 0) is 18.3 Å². The maximum Gasteiger partial charge on any atom is 0.401 e. The van der Waals surface area contributed by atoms with Crippen LogP contribution >= 0.6 is 11.8 Å². The maximum atomic E-state index is 14.3. The van der Waals surface area contributed by atoms with Gasteiger partial charge in [0.05, 0.1) is 5.69 Å². The van der Waals surface area contributed by atoms with Gasteiger partial charge in [0.25, 0.3) is 0 Å². The van der Waals surface area contributed by atoms with Gasteiger partial charge in [-0.15, -0.1) is 0 Å². The lowest BCUT2D eigenvalue weighted by Gasteiger charge is -2.39. The fraction of sp³-hybridized carbons (Fsp3) is 0.606. The van der Waals surface area contributed by atoms with Crippen molar-refractivity contribution >= 4 is 34.8 Å². The quantitative estimate of drug-likeness (QED) is 0.353. The number of thioether (sulfide) groups is 1. The van der Waals surface area contributed by atoms with Gasteiger partial charge in [0, 0.05) is 61.5 Å². The lowest BCUT2D eigenvalue weighted by Crippen LogP contribution is -2.51. The van der Waals surface area contributed by atoms with Crippen molar-refractivity contribution in [3.63, 3.8) is 0 Å². The van der Waals surface area contributed by atoms with Crippen molar-refractivity contribution < 1.29 is 13.2 Å². The highest BCUT2D eigenvalue weighted by Gasteiger charge is 2.56. The largest absolute Gasteiger partial charge is 0.401 e. The van der Waals surface area contributed by atoms with Crippen molar-refractivity contribution in [2.75, 3.05) is 36.9 Å². The van der Waals surface area contributed by atoms with Gasteiger partial charge in [-0.2, -0.15) is 13.2 Å². The summed E-state index contributed by atoms with van der Waals surface area (Å²) >= 11 is 1.76. The molecule has 1 atom stereocenters. The third-order valence-corrected chi connectivity index (χ3v) is 11.1. The maximum absolute atomic E-state index is 14.3. The third kappa shape index (κ3) is 6.00. The van der Waals surface area contributed by atoms with Crippen molar-refractivity contribution in [3.8, 4) is 0 Å². The van der Waals surface area contributed by atoms with E-state index < -0.39 is 11.6 Å². The average Bonchev–Trinajstić information content (AvgIpc) is 3.18. The molecule has 4 heterocycles. The number of aliphatic imine (C=N–C) groups is 1. The van der Waals surface area contributed by atoms with E-state index in [4.69, 9.17) is 9.97 Å². The predicted molar refractivity (Wildman–Crippen MR) is 170 cm³/mol. The molecule has 4 aliphatic rings. The van der Waals surface area contributed by atoms with Gasteiger partial charge >= 0.3 is 6.18 Å². The molecule has 1 fully saturated rings. The zero-order valence-corrected chi connectivity index (χ0v) is 26.5. The number of halogens is 3. The molecule has 6 rings (SSSR count). The molecular formula is C33H43F3N6S. The van der Waals surface area contributed by atoms with E-state index in [1.54, 1.807) is 11.8 Å². The number of aromatic nitrogens is 2. The summed E-state index contributed by atoms with van der Waals surface area (Å²) in [6.07, 6.45) is 6.81. The van der Waals surface area contributed by atoms with Crippen molar-refractivity contribution in [1.29, 1.82) is 0 Å². The van der Waals surface area contributed by atoms with Gasteiger partial charge in [0.2, 0.25) is 0 Å². The smallest absolute Gasteiger partial charge is 0.374 e. The predicted octanol–water partition coefficient (Wildman–Crippen LogP) is 8.05. The highest BCUT2D eigenvalue weighted by atomic mass is 32.2. The monoisotopic (exact) mass is 612 g/mol. The fourth-order valence-electron chi connectivity index (χ4n) is 6.93. The molecule has 1 N–H and O–H groups in total. The molecule has 1 unspecified atom stereocenters. The van der Waals surface area contributed by atoms with Gasteiger partial charge < -0.3 is 15.1 Å². The summed E-state index contributed by atoms with van der Waals surface area (Å²) in [7, 11) is 2.14. The van der Waals surface area contributed by atoms with Crippen molar-refractivity contribution in [3.05, 3.63) is 47.3 Å². The number of fused-ring (bicyclic) bond motifs is 2. The minimum Gasteiger partial charge on any atom is -0.374 e. The number of allylic oxidation sites excluding steroid dienone is 1. The van der Waals surface area contributed by atoms with E-state index in [2.05, 4.69) is 54.3 Å². The zero-order valence-electron chi connectivity index (χ0n) is 25.7. The van der Waals surface area contributed by atoms with E-state index in [0.29, 0.717) is 31.2 Å². The van der Waals surface area contributed by atoms with E-state index >= 15 is 0 Å². The van der Waals surface area contributed by atoms with Crippen LogP contribution < -0.4 is 10.2 Å². The first-order valence-electron chi connectivity index (χ1n) is 15.7. The van der Waals surface area contributed by atoms with E-state index in [1.807, 2.05) is 4.90 Å². The topological polar surface area (TPSA) is 56.6 Å². The first kappa shape index (κ1) is 30.3. The normalized spacial score (nSPS) is 24.2. The molecule has 10 heteroatoms. The Balaban J connectivity index is 1.33. The van der Waals surface area contributed by atoms with Gasteiger partial charge in [0.15, 0.2) is 5.16 Å². The summed E-state index contributed by atoms with van der Waals surface area (Å²) < 4.78 is 42.9. The summed E-state index contributed by atoms with van der Waals surface area (Å²) in [5.74, 6) is 0.877. The molecule has 0 bridgehead atoms. The SMILES string of the molecule is CN1CCC(C)(C)c2ccc(Nc3nc(SC4CCCCC4)nc4c3CCN(C3=NC=CCC3(C)C(F)(F)F)CC4)cc21. The van der Waals surface area contributed by atoms with Gasteiger partial charge in [-0.3, -0.25) is 0 Å². The van der Waals surface area contributed by atoms with E-state index in [-0.39, 0.29) is 17.7 Å². The van der Waals surface area contributed by atoms with Gasteiger partial charge in [0.1, 0.15) is 17.1 Å². The van der Waals surface area contributed by atoms with Gasteiger partial charge in [-0.25, -0.2) is 15.0 Å². The molecule has 43 heavy (non-hydrogen) atoms. The lowest BCUT2D eigenvalue weighted by molar-refractivity contribution is -0.194. The number of nitrogens with zero attached hydrogens (tertiary/aromatic N) is 5. The number of amidine groups is 1. The summed E-state index contributed by atoms with van der Waals surface area (Å²) in [6, 6.07) is 6.56. The lowest BCUT2D eigenvalue weighted by atomic mass is 9.78. The number of alkyl halides is 3. The number of rotatable bonds is 4. The van der Waals surface area contributed by atoms with Crippen LogP contribution in [0, 0.1) is 5.41 Å². The summed E-state index contributed by atoms with van der Waals surface area (Å²) in [5, 5.41) is 4.90. The van der Waals surface area contributed by atoms with Crippen LogP contribution in [0.1, 0.15) is 82.5 Å². The highest BCUT2D eigenvalue weighted by Crippen LogP contribution is 2.45. The molecule has 1 aliphatic carbocycles. The van der Waals surface area contributed by atoms with E-state index in [0.717, 1.165) is 53.7 Å². The van der Waals surface area contributed by atoms with Gasteiger partial charge in [-0.1, -0.05) is 57.0 Å². The molecule has 0 radical (unpaired) electrons. The molecule has 3 aliphatic heterocycles. The van der Waals surface area contributed by atoms with Crippen LogP contribution in [0.15, 0.2) is 40.6 Å². The first-order chi connectivity index (χ1) is 20.4. The van der Waals surface area contributed by atoms with Crippen LogP contribution in [0.2, 0.25) is 0 Å². The van der Waals surface area contributed by atoms with Gasteiger partial charge in [-0.05, 0) is 62.1 Å².